The first kappa shape index (κ1) is 11.4. The van der Waals surface area contributed by atoms with Crippen molar-refractivity contribution in [3.8, 4) is 11.3 Å². The molecule has 0 aliphatic rings. The van der Waals surface area contributed by atoms with Crippen LogP contribution < -0.4 is 0 Å². The number of esters is 1. The molecular formula is C12H15N3O2. The van der Waals surface area contributed by atoms with E-state index in [9.17, 15) is 4.79 Å². The SMILES string of the molecule is CCn1ccc(-c2c[nH]c(C(=O)OC)c2C)n1. The third kappa shape index (κ3) is 1.95. The Morgan fingerprint density at radius 2 is 2.35 bits per heavy atom. The Kier molecular flexibility index (Phi) is 2.99. The predicted molar refractivity (Wildman–Crippen MR) is 63.8 cm³/mol. The fourth-order valence-corrected chi connectivity index (χ4v) is 1.76. The van der Waals surface area contributed by atoms with Crippen LogP contribution in [0.3, 0.4) is 0 Å². The number of nitrogens with zero attached hydrogens (tertiary/aromatic N) is 2. The molecule has 2 aromatic heterocycles. The molecule has 0 aliphatic heterocycles. The second-order valence-corrected chi connectivity index (χ2v) is 3.75. The number of ether oxygens (including phenoxy) is 1. The molecule has 2 aromatic rings. The minimum absolute atomic E-state index is 0.358. The average Bonchev–Trinajstić information content (AvgIpc) is 2.94. The Hall–Kier alpha value is -2.04. The van der Waals surface area contributed by atoms with Crippen LogP contribution in [0.5, 0.6) is 0 Å². The highest BCUT2D eigenvalue weighted by atomic mass is 16.5. The number of hydrogen-bond acceptors (Lipinski definition) is 3. The first-order valence-electron chi connectivity index (χ1n) is 5.47. The number of H-pyrrole nitrogens is 1. The van der Waals surface area contributed by atoms with Crippen LogP contribution >= 0.6 is 0 Å². The second-order valence-electron chi connectivity index (χ2n) is 3.75. The molecule has 1 N–H and O–H groups in total. The topological polar surface area (TPSA) is 59.9 Å². The minimum atomic E-state index is -0.358. The van der Waals surface area contributed by atoms with Gasteiger partial charge in [0.15, 0.2) is 0 Å². The summed E-state index contributed by atoms with van der Waals surface area (Å²) in [6.45, 7) is 4.73. The Morgan fingerprint density at radius 1 is 1.59 bits per heavy atom. The number of hydrogen-bond donors (Lipinski definition) is 1. The number of nitrogens with one attached hydrogen (secondary N) is 1. The number of aromatic nitrogens is 3. The molecule has 0 radical (unpaired) electrons. The third-order valence-corrected chi connectivity index (χ3v) is 2.77. The molecule has 5 nitrogen and oxygen atoms in total. The van der Waals surface area contributed by atoms with Crippen molar-refractivity contribution in [2.24, 2.45) is 0 Å². The van der Waals surface area contributed by atoms with Crippen LogP contribution in [0.2, 0.25) is 0 Å². The summed E-state index contributed by atoms with van der Waals surface area (Å²) >= 11 is 0. The fraction of sp³-hybridized carbons (Fsp3) is 0.333. The summed E-state index contributed by atoms with van der Waals surface area (Å²) in [6.07, 6.45) is 3.70. The first-order valence-corrected chi connectivity index (χ1v) is 5.47. The highest BCUT2D eigenvalue weighted by Gasteiger charge is 2.16. The molecule has 0 fully saturated rings. The van der Waals surface area contributed by atoms with Crippen molar-refractivity contribution in [3.63, 3.8) is 0 Å². The molecule has 0 aliphatic carbocycles. The number of carbonyl (C=O) groups is 1. The zero-order chi connectivity index (χ0) is 12.4. The molecule has 0 saturated carbocycles. The third-order valence-electron chi connectivity index (χ3n) is 2.77. The molecule has 0 atom stereocenters. The maximum absolute atomic E-state index is 11.5. The van der Waals surface area contributed by atoms with Gasteiger partial charge in [-0.05, 0) is 25.5 Å². The van der Waals surface area contributed by atoms with Crippen molar-refractivity contribution in [3.05, 3.63) is 29.7 Å². The van der Waals surface area contributed by atoms with E-state index in [1.807, 2.05) is 30.8 Å². The molecule has 5 heteroatoms. The monoisotopic (exact) mass is 233 g/mol. The predicted octanol–water partition coefficient (Wildman–Crippen LogP) is 1.99. The lowest BCUT2D eigenvalue weighted by atomic mass is 10.1. The quantitative estimate of drug-likeness (QED) is 0.825. The molecule has 2 heterocycles. The maximum atomic E-state index is 11.5. The van der Waals surface area contributed by atoms with Crippen molar-refractivity contribution in [2.45, 2.75) is 20.4 Å². The maximum Gasteiger partial charge on any atom is 0.354 e. The Bertz CT molecular complexity index is 540. The molecule has 0 amide bonds. The molecule has 0 bridgehead atoms. The number of carbonyl (C=O) groups excluding carboxylic acids is 1. The number of rotatable bonds is 3. The summed E-state index contributed by atoms with van der Waals surface area (Å²) in [6, 6.07) is 1.93. The van der Waals surface area contributed by atoms with Gasteiger partial charge < -0.3 is 9.72 Å². The molecular weight excluding hydrogens is 218 g/mol. The van der Waals surface area contributed by atoms with E-state index >= 15 is 0 Å². The summed E-state index contributed by atoms with van der Waals surface area (Å²) in [7, 11) is 1.37. The van der Waals surface area contributed by atoms with E-state index in [-0.39, 0.29) is 5.97 Å². The number of aromatic amines is 1. The van der Waals surface area contributed by atoms with Gasteiger partial charge in [-0.1, -0.05) is 0 Å². The Balaban J connectivity index is 2.40. The smallest absolute Gasteiger partial charge is 0.354 e. The van der Waals surface area contributed by atoms with Gasteiger partial charge in [0.1, 0.15) is 5.69 Å². The van der Waals surface area contributed by atoms with Crippen LogP contribution in [0.25, 0.3) is 11.3 Å². The van der Waals surface area contributed by atoms with Crippen LogP contribution in [0.4, 0.5) is 0 Å². The van der Waals surface area contributed by atoms with Crippen molar-refractivity contribution in [2.75, 3.05) is 7.11 Å². The fourth-order valence-electron chi connectivity index (χ4n) is 1.76. The largest absolute Gasteiger partial charge is 0.464 e. The van der Waals surface area contributed by atoms with E-state index in [1.165, 1.54) is 7.11 Å². The van der Waals surface area contributed by atoms with E-state index in [4.69, 9.17) is 4.74 Å². The zero-order valence-corrected chi connectivity index (χ0v) is 10.2. The Labute approximate surface area is 99.4 Å². The van der Waals surface area contributed by atoms with Gasteiger partial charge in [0, 0.05) is 24.5 Å². The molecule has 90 valence electrons. The lowest BCUT2D eigenvalue weighted by molar-refractivity contribution is 0.0594. The van der Waals surface area contributed by atoms with E-state index < -0.39 is 0 Å². The van der Waals surface area contributed by atoms with Gasteiger partial charge >= 0.3 is 5.97 Å². The second kappa shape index (κ2) is 4.45. The van der Waals surface area contributed by atoms with Crippen LogP contribution in [-0.4, -0.2) is 27.8 Å². The molecule has 17 heavy (non-hydrogen) atoms. The van der Waals surface area contributed by atoms with Crippen molar-refractivity contribution < 1.29 is 9.53 Å². The van der Waals surface area contributed by atoms with Gasteiger partial charge in [0.05, 0.1) is 12.8 Å². The number of aryl methyl sites for hydroxylation is 1. The molecule has 0 unspecified atom stereocenters. The highest BCUT2D eigenvalue weighted by molar-refractivity contribution is 5.91. The van der Waals surface area contributed by atoms with Crippen LogP contribution in [0, 0.1) is 6.92 Å². The van der Waals surface area contributed by atoms with Crippen molar-refractivity contribution >= 4 is 5.97 Å². The van der Waals surface area contributed by atoms with Crippen molar-refractivity contribution in [1.82, 2.24) is 14.8 Å². The lowest BCUT2D eigenvalue weighted by Gasteiger charge is -1.98. The average molecular weight is 233 g/mol. The first-order chi connectivity index (χ1) is 8.17. The van der Waals surface area contributed by atoms with Crippen LogP contribution in [-0.2, 0) is 11.3 Å². The van der Waals surface area contributed by atoms with Crippen molar-refractivity contribution in [1.29, 1.82) is 0 Å². The van der Waals surface area contributed by atoms with Gasteiger partial charge in [0.25, 0.3) is 0 Å². The molecule has 0 spiro atoms. The lowest BCUT2D eigenvalue weighted by Crippen LogP contribution is -2.03. The van der Waals surface area contributed by atoms with E-state index in [1.54, 1.807) is 6.20 Å². The van der Waals surface area contributed by atoms with E-state index in [0.29, 0.717) is 5.69 Å². The highest BCUT2D eigenvalue weighted by Crippen LogP contribution is 2.24. The Morgan fingerprint density at radius 3 is 2.94 bits per heavy atom. The minimum Gasteiger partial charge on any atom is -0.464 e. The number of methoxy groups -OCH3 is 1. The van der Waals surface area contributed by atoms with E-state index in [2.05, 4.69) is 10.1 Å². The summed E-state index contributed by atoms with van der Waals surface area (Å²) < 4.78 is 6.54. The standard InChI is InChI=1S/C12H15N3O2/c1-4-15-6-5-10(14-15)9-7-13-11(8(9)2)12(16)17-3/h5-7,13H,4H2,1-3H3. The van der Waals surface area contributed by atoms with Gasteiger partial charge in [-0.2, -0.15) is 5.10 Å². The molecule has 2 rings (SSSR count). The summed E-state index contributed by atoms with van der Waals surface area (Å²) in [5.74, 6) is -0.358. The summed E-state index contributed by atoms with van der Waals surface area (Å²) in [5.41, 5.74) is 3.13. The van der Waals surface area contributed by atoms with E-state index in [0.717, 1.165) is 23.4 Å². The molecule has 0 aromatic carbocycles. The van der Waals surface area contributed by atoms with Crippen LogP contribution in [0.1, 0.15) is 23.0 Å². The normalized spacial score (nSPS) is 10.5. The van der Waals surface area contributed by atoms with Gasteiger partial charge in [-0.15, -0.1) is 0 Å². The van der Waals surface area contributed by atoms with Gasteiger partial charge in [-0.3, -0.25) is 4.68 Å². The van der Waals surface area contributed by atoms with Gasteiger partial charge in [0.2, 0.25) is 0 Å². The van der Waals surface area contributed by atoms with Gasteiger partial charge in [-0.25, -0.2) is 4.79 Å². The summed E-state index contributed by atoms with van der Waals surface area (Å²) in [4.78, 5) is 14.4. The summed E-state index contributed by atoms with van der Waals surface area (Å²) in [5, 5.41) is 4.40. The van der Waals surface area contributed by atoms with Crippen LogP contribution in [0.15, 0.2) is 18.5 Å². The zero-order valence-electron chi connectivity index (χ0n) is 10.2. The molecule has 0 saturated heterocycles.